The molecule has 2 aromatic carbocycles. The highest BCUT2D eigenvalue weighted by atomic mass is 16.2. The molecule has 0 aliphatic carbocycles. The van der Waals surface area contributed by atoms with E-state index in [2.05, 4.69) is 57.7 Å². The van der Waals surface area contributed by atoms with Gasteiger partial charge in [-0.15, -0.1) is 0 Å². The molecule has 2 heterocycles. The Hall–Kier alpha value is -2.76. The number of hydrogen-bond donors (Lipinski definition) is 0. The fourth-order valence-corrected chi connectivity index (χ4v) is 4.48. The van der Waals surface area contributed by atoms with E-state index >= 15 is 0 Å². The molecule has 0 radical (unpaired) electrons. The zero-order chi connectivity index (χ0) is 21.1. The molecule has 5 heteroatoms. The number of aldehydes is 1. The van der Waals surface area contributed by atoms with Crippen LogP contribution in [0.4, 0.5) is 0 Å². The van der Waals surface area contributed by atoms with Crippen LogP contribution in [0, 0.1) is 13.8 Å². The van der Waals surface area contributed by atoms with Crippen LogP contribution in [0.2, 0.25) is 0 Å². The first-order chi connectivity index (χ1) is 14.6. The van der Waals surface area contributed by atoms with Crippen molar-refractivity contribution < 1.29 is 9.59 Å². The summed E-state index contributed by atoms with van der Waals surface area (Å²) in [6.45, 7) is 11.0. The van der Waals surface area contributed by atoms with Gasteiger partial charge in [0, 0.05) is 57.4 Å². The number of benzene rings is 2. The largest absolute Gasteiger partial charge is 0.345 e. The van der Waals surface area contributed by atoms with Crippen LogP contribution in [0.1, 0.15) is 27.0 Å². The van der Waals surface area contributed by atoms with Gasteiger partial charge in [-0.2, -0.15) is 0 Å². The molecule has 156 valence electrons. The highest BCUT2D eigenvalue weighted by Gasteiger charge is 2.20. The van der Waals surface area contributed by atoms with E-state index in [0.29, 0.717) is 11.8 Å². The summed E-state index contributed by atoms with van der Waals surface area (Å²) >= 11 is 0. The van der Waals surface area contributed by atoms with Gasteiger partial charge in [-0.05, 0) is 30.5 Å². The summed E-state index contributed by atoms with van der Waals surface area (Å²) in [6, 6.07) is 14.7. The minimum Gasteiger partial charge on any atom is -0.345 e. The molecule has 0 N–H and O–H groups in total. The highest BCUT2D eigenvalue weighted by Crippen LogP contribution is 2.28. The van der Waals surface area contributed by atoms with E-state index in [1.54, 1.807) is 0 Å². The molecular weight excluding hydrogens is 374 g/mol. The molecule has 3 aromatic rings. The lowest BCUT2D eigenvalue weighted by Crippen LogP contribution is -2.46. The van der Waals surface area contributed by atoms with E-state index < -0.39 is 5.78 Å². The van der Waals surface area contributed by atoms with Crippen LogP contribution in [0.3, 0.4) is 0 Å². The van der Waals surface area contributed by atoms with Crippen molar-refractivity contribution in [3.8, 4) is 0 Å². The molecule has 1 aliphatic heterocycles. The molecule has 0 bridgehead atoms. The minimum atomic E-state index is -0.443. The van der Waals surface area contributed by atoms with E-state index in [1.165, 1.54) is 5.56 Å². The molecule has 0 saturated carbocycles. The van der Waals surface area contributed by atoms with E-state index in [9.17, 15) is 9.59 Å². The first-order valence-electron chi connectivity index (χ1n) is 10.6. The maximum absolute atomic E-state index is 12.2. The summed E-state index contributed by atoms with van der Waals surface area (Å²) in [7, 11) is 0. The second-order valence-corrected chi connectivity index (χ2v) is 8.24. The second kappa shape index (κ2) is 8.94. The molecule has 5 nitrogen and oxygen atoms in total. The normalized spacial score (nSPS) is 15.5. The fourth-order valence-electron chi connectivity index (χ4n) is 4.48. The molecule has 0 atom stereocenters. The van der Waals surface area contributed by atoms with Gasteiger partial charge in [0.15, 0.2) is 6.29 Å². The number of aryl methyl sites for hydroxylation is 2. The molecule has 4 rings (SSSR count). The summed E-state index contributed by atoms with van der Waals surface area (Å²) in [6.07, 6.45) is 2.29. The van der Waals surface area contributed by atoms with Gasteiger partial charge in [0.1, 0.15) is 0 Å². The van der Waals surface area contributed by atoms with Crippen molar-refractivity contribution in [2.24, 2.45) is 0 Å². The summed E-state index contributed by atoms with van der Waals surface area (Å²) in [5.74, 6) is -0.443. The predicted molar refractivity (Wildman–Crippen MR) is 120 cm³/mol. The van der Waals surface area contributed by atoms with Gasteiger partial charge in [-0.3, -0.25) is 19.4 Å². The lowest BCUT2D eigenvalue weighted by molar-refractivity contribution is -0.104. The van der Waals surface area contributed by atoms with Gasteiger partial charge in [0.05, 0.1) is 11.1 Å². The third-order valence-corrected chi connectivity index (χ3v) is 6.17. The maximum Gasteiger partial charge on any atom is 0.227 e. The number of fused-ring (bicyclic) bond motifs is 1. The number of aromatic nitrogens is 1. The molecule has 0 spiro atoms. The average molecular weight is 404 g/mol. The first-order valence-corrected chi connectivity index (χ1v) is 10.6. The highest BCUT2D eigenvalue weighted by molar-refractivity contribution is 6.36. The van der Waals surface area contributed by atoms with Crippen molar-refractivity contribution in [2.75, 3.05) is 32.7 Å². The van der Waals surface area contributed by atoms with Crippen LogP contribution in [-0.4, -0.2) is 59.2 Å². The number of nitrogens with zero attached hydrogens (tertiary/aromatic N) is 3. The van der Waals surface area contributed by atoms with E-state index in [0.717, 1.165) is 67.8 Å². The van der Waals surface area contributed by atoms with Crippen molar-refractivity contribution in [1.29, 1.82) is 0 Å². The summed E-state index contributed by atoms with van der Waals surface area (Å²) < 4.78 is 2.16. The van der Waals surface area contributed by atoms with Crippen molar-refractivity contribution in [1.82, 2.24) is 14.4 Å². The second-order valence-electron chi connectivity index (χ2n) is 8.24. The standard InChI is InChI=1S/C25H29N3O2/c1-19-8-9-20(2)25-24(19)22(23(30)18-29)17-28(25)15-14-26-10-12-27(13-11-26)16-21-6-4-3-5-7-21/h3-9,17-18H,10-16H2,1-2H3. The molecule has 30 heavy (non-hydrogen) atoms. The Morgan fingerprint density at radius 3 is 2.27 bits per heavy atom. The van der Waals surface area contributed by atoms with Gasteiger partial charge in [0.2, 0.25) is 5.78 Å². The third-order valence-electron chi connectivity index (χ3n) is 6.17. The van der Waals surface area contributed by atoms with E-state index in [-0.39, 0.29) is 0 Å². The zero-order valence-corrected chi connectivity index (χ0v) is 17.8. The van der Waals surface area contributed by atoms with Crippen LogP contribution in [0.5, 0.6) is 0 Å². The van der Waals surface area contributed by atoms with Crippen LogP contribution in [0.15, 0.2) is 48.7 Å². The van der Waals surface area contributed by atoms with Gasteiger partial charge in [-0.25, -0.2) is 0 Å². The fraction of sp³-hybridized carbons (Fsp3) is 0.360. The molecule has 1 aromatic heterocycles. The van der Waals surface area contributed by atoms with Crippen LogP contribution in [0.25, 0.3) is 10.9 Å². The van der Waals surface area contributed by atoms with Gasteiger partial charge < -0.3 is 4.57 Å². The number of hydrogen-bond acceptors (Lipinski definition) is 4. The third kappa shape index (κ3) is 4.23. The molecule has 1 aliphatic rings. The maximum atomic E-state index is 12.2. The van der Waals surface area contributed by atoms with Crippen LogP contribution < -0.4 is 0 Å². The Balaban J connectivity index is 1.43. The smallest absolute Gasteiger partial charge is 0.227 e. The van der Waals surface area contributed by atoms with E-state index in [4.69, 9.17) is 0 Å². The van der Waals surface area contributed by atoms with Crippen LogP contribution in [-0.2, 0) is 17.9 Å². The van der Waals surface area contributed by atoms with Crippen molar-refractivity contribution >= 4 is 23.0 Å². The predicted octanol–water partition coefficient (Wildman–Crippen LogP) is 3.46. The number of Topliss-reactive ketones (excluding diaryl/α,β-unsaturated/α-hetero) is 1. The molecule has 1 saturated heterocycles. The SMILES string of the molecule is Cc1ccc(C)c2c1c(C(=O)C=O)cn2CCN1CCN(Cc2ccccc2)CC1. The molecule has 0 amide bonds. The Kier molecular flexibility index (Phi) is 6.11. The lowest BCUT2D eigenvalue weighted by atomic mass is 10.0. The number of carbonyl (C=O) groups is 2. The topological polar surface area (TPSA) is 45.6 Å². The summed E-state index contributed by atoms with van der Waals surface area (Å²) in [5.41, 5.74) is 5.13. The number of ketones is 1. The number of carbonyl (C=O) groups excluding carboxylic acids is 2. The Labute approximate surface area is 177 Å². The Bertz CT molecular complexity index is 1050. The van der Waals surface area contributed by atoms with E-state index in [1.807, 2.05) is 19.2 Å². The van der Waals surface area contributed by atoms with Gasteiger partial charge >= 0.3 is 0 Å². The molecular formula is C25H29N3O2. The van der Waals surface area contributed by atoms with Crippen LogP contribution >= 0.6 is 0 Å². The van der Waals surface area contributed by atoms with Gasteiger partial charge in [0.25, 0.3) is 0 Å². The number of rotatable bonds is 7. The quantitative estimate of drug-likeness (QED) is 0.344. The molecule has 1 fully saturated rings. The Morgan fingerprint density at radius 1 is 0.900 bits per heavy atom. The summed E-state index contributed by atoms with van der Waals surface area (Å²) in [4.78, 5) is 28.3. The summed E-state index contributed by atoms with van der Waals surface area (Å²) in [5, 5.41) is 0.916. The van der Waals surface area contributed by atoms with Crippen molar-refractivity contribution in [3.05, 3.63) is 70.9 Å². The first kappa shape index (κ1) is 20.5. The zero-order valence-electron chi connectivity index (χ0n) is 17.8. The number of piperazine rings is 1. The lowest BCUT2D eigenvalue weighted by Gasteiger charge is -2.34. The average Bonchev–Trinajstić information content (AvgIpc) is 3.17. The van der Waals surface area contributed by atoms with Crippen molar-refractivity contribution in [2.45, 2.75) is 26.9 Å². The molecule has 0 unspecified atom stereocenters. The Morgan fingerprint density at radius 2 is 1.57 bits per heavy atom. The minimum absolute atomic E-state index is 0.423. The van der Waals surface area contributed by atoms with Crippen molar-refractivity contribution in [3.63, 3.8) is 0 Å². The monoisotopic (exact) mass is 403 g/mol. The van der Waals surface area contributed by atoms with Gasteiger partial charge in [-0.1, -0.05) is 42.5 Å².